The summed E-state index contributed by atoms with van der Waals surface area (Å²) in [4.78, 5) is 4.49. The molecular weight excluding hydrogens is 254 g/mol. The molecule has 0 aliphatic carbocycles. The molecule has 1 heteroatoms. The van der Waals surface area contributed by atoms with Crippen molar-refractivity contribution in [2.24, 2.45) is 0 Å². The Morgan fingerprint density at radius 2 is 1.43 bits per heavy atom. The van der Waals surface area contributed by atoms with Crippen molar-refractivity contribution in [3.05, 3.63) is 78.5 Å². The van der Waals surface area contributed by atoms with Gasteiger partial charge in [0.25, 0.3) is 0 Å². The van der Waals surface area contributed by atoms with Crippen molar-refractivity contribution < 1.29 is 0 Å². The fourth-order valence-corrected chi connectivity index (χ4v) is 2.45. The smallest absolute Gasteiger partial charge is 0.0708 e. The van der Waals surface area contributed by atoms with Crippen LogP contribution in [0.1, 0.15) is 25.3 Å². The Kier molecular flexibility index (Phi) is 3.83. The van der Waals surface area contributed by atoms with Crippen LogP contribution in [0.2, 0.25) is 0 Å². The Bertz CT molecular complexity index is 730. The molecule has 2 aromatic carbocycles. The molecule has 0 saturated heterocycles. The standard InChI is InChI=1S/C20H19N/c1-15(2)17-9-6-10-18(13-17)19-11-12-21-20(14-19)16-7-4-3-5-8-16/h3-15H,1-2H3. The van der Waals surface area contributed by atoms with Crippen LogP contribution in [-0.4, -0.2) is 4.98 Å². The minimum Gasteiger partial charge on any atom is -0.256 e. The van der Waals surface area contributed by atoms with E-state index in [1.54, 1.807) is 0 Å². The van der Waals surface area contributed by atoms with E-state index in [4.69, 9.17) is 0 Å². The average Bonchev–Trinajstić information content (AvgIpc) is 2.56. The predicted molar refractivity (Wildman–Crippen MR) is 89.2 cm³/mol. The monoisotopic (exact) mass is 273 g/mol. The van der Waals surface area contributed by atoms with Crippen LogP contribution in [0.4, 0.5) is 0 Å². The molecule has 0 saturated carbocycles. The van der Waals surface area contributed by atoms with Crippen molar-refractivity contribution >= 4 is 0 Å². The van der Waals surface area contributed by atoms with Gasteiger partial charge in [0.1, 0.15) is 0 Å². The number of hydrogen-bond donors (Lipinski definition) is 0. The Morgan fingerprint density at radius 3 is 2.19 bits per heavy atom. The molecule has 0 aliphatic heterocycles. The highest BCUT2D eigenvalue weighted by atomic mass is 14.7. The van der Waals surface area contributed by atoms with Gasteiger partial charge >= 0.3 is 0 Å². The topological polar surface area (TPSA) is 12.9 Å². The van der Waals surface area contributed by atoms with Gasteiger partial charge in [0.05, 0.1) is 5.69 Å². The number of aromatic nitrogens is 1. The Hall–Kier alpha value is -2.41. The van der Waals surface area contributed by atoms with Crippen molar-refractivity contribution in [2.75, 3.05) is 0 Å². The highest BCUT2D eigenvalue weighted by Gasteiger charge is 2.05. The van der Waals surface area contributed by atoms with Crippen molar-refractivity contribution in [3.8, 4) is 22.4 Å². The van der Waals surface area contributed by atoms with Gasteiger partial charge in [0, 0.05) is 11.8 Å². The summed E-state index contributed by atoms with van der Waals surface area (Å²) in [6, 6.07) is 23.3. The SMILES string of the molecule is CC(C)c1cccc(-c2ccnc(-c3ccccc3)c2)c1. The predicted octanol–water partition coefficient (Wildman–Crippen LogP) is 5.54. The van der Waals surface area contributed by atoms with E-state index in [1.165, 1.54) is 16.7 Å². The van der Waals surface area contributed by atoms with Crippen molar-refractivity contribution in [3.63, 3.8) is 0 Å². The molecule has 0 bridgehead atoms. The first-order valence-corrected chi connectivity index (χ1v) is 7.36. The molecular formula is C20H19N. The molecule has 0 radical (unpaired) electrons. The van der Waals surface area contributed by atoms with E-state index in [1.807, 2.05) is 24.4 Å². The summed E-state index contributed by atoms with van der Waals surface area (Å²) in [5.41, 5.74) is 6.00. The number of pyridine rings is 1. The summed E-state index contributed by atoms with van der Waals surface area (Å²) in [6.07, 6.45) is 1.89. The molecule has 0 amide bonds. The molecule has 0 atom stereocenters. The molecule has 1 nitrogen and oxygen atoms in total. The Labute approximate surface area is 126 Å². The molecule has 3 rings (SSSR count). The first-order chi connectivity index (χ1) is 10.2. The molecule has 1 heterocycles. The maximum Gasteiger partial charge on any atom is 0.0708 e. The zero-order chi connectivity index (χ0) is 14.7. The molecule has 0 aliphatic rings. The van der Waals surface area contributed by atoms with Gasteiger partial charge < -0.3 is 0 Å². The normalized spacial score (nSPS) is 10.8. The summed E-state index contributed by atoms with van der Waals surface area (Å²) in [5, 5.41) is 0. The second-order valence-electron chi connectivity index (χ2n) is 5.58. The third-order valence-electron chi connectivity index (χ3n) is 3.72. The zero-order valence-corrected chi connectivity index (χ0v) is 12.5. The minimum atomic E-state index is 0.542. The number of hydrogen-bond acceptors (Lipinski definition) is 1. The van der Waals surface area contributed by atoms with Crippen LogP contribution in [0, 0.1) is 0 Å². The third-order valence-corrected chi connectivity index (χ3v) is 3.72. The summed E-state index contributed by atoms with van der Waals surface area (Å²) in [7, 11) is 0. The quantitative estimate of drug-likeness (QED) is 0.610. The van der Waals surface area contributed by atoms with Crippen molar-refractivity contribution in [1.82, 2.24) is 4.98 Å². The third kappa shape index (κ3) is 3.03. The zero-order valence-electron chi connectivity index (χ0n) is 12.5. The van der Waals surface area contributed by atoms with Crippen molar-refractivity contribution in [2.45, 2.75) is 19.8 Å². The molecule has 1 aromatic heterocycles. The largest absolute Gasteiger partial charge is 0.256 e. The lowest BCUT2D eigenvalue weighted by atomic mass is 9.97. The lowest BCUT2D eigenvalue weighted by molar-refractivity contribution is 0.867. The minimum absolute atomic E-state index is 0.542. The molecule has 0 fully saturated rings. The number of rotatable bonds is 3. The summed E-state index contributed by atoms with van der Waals surface area (Å²) in [6.45, 7) is 4.45. The second-order valence-corrected chi connectivity index (χ2v) is 5.58. The maximum absolute atomic E-state index is 4.49. The van der Waals surface area contributed by atoms with Gasteiger partial charge in [-0.3, -0.25) is 4.98 Å². The Balaban J connectivity index is 2.02. The van der Waals surface area contributed by atoms with Crippen LogP contribution in [0.25, 0.3) is 22.4 Å². The van der Waals surface area contributed by atoms with Crippen LogP contribution >= 0.6 is 0 Å². The van der Waals surface area contributed by atoms with Crippen LogP contribution in [0.5, 0.6) is 0 Å². The Morgan fingerprint density at radius 1 is 0.714 bits per heavy atom. The average molecular weight is 273 g/mol. The van der Waals surface area contributed by atoms with E-state index in [0.717, 1.165) is 11.3 Å². The molecule has 104 valence electrons. The molecule has 3 aromatic rings. The lowest BCUT2D eigenvalue weighted by Crippen LogP contribution is -1.89. The van der Waals surface area contributed by atoms with E-state index in [-0.39, 0.29) is 0 Å². The summed E-state index contributed by atoms with van der Waals surface area (Å²) < 4.78 is 0. The van der Waals surface area contributed by atoms with Crippen molar-refractivity contribution in [1.29, 1.82) is 0 Å². The summed E-state index contributed by atoms with van der Waals surface area (Å²) >= 11 is 0. The molecule has 21 heavy (non-hydrogen) atoms. The maximum atomic E-state index is 4.49. The van der Waals surface area contributed by atoms with Crippen LogP contribution in [0.3, 0.4) is 0 Å². The van der Waals surface area contributed by atoms with Crippen LogP contribution in [-0.2, 0) is 0 Å². The molecule has 0 N–H and O–H groups in total. The number of benzene rings is 2. The van der Waals surface area contributed by atoms with Gasteiger partial charge in [-0.15, -0.1) is 0 Å². The van der Waals surface area contributed by atoms with E-state index in [2.05, 4.69) is 67.4 Å². The van der Waals surface area contributed by atoms with Crippen LogP contribution < -0.4 is 0 Å². The highest BCUT2D eigenvalue weighted by Crippen LogP contribution is 2.26. The van der Waals surface area contributed by atoms with Gasteiger partial charge in [-0.25, -0.2) is 0 Å². The van der Waals surface area contributed by atoms with Gasteiger partial charge in [0.2, 0.25) is 0 Å². The van der Waals surface area contributed by atoms with Gasteiger partial charge in [-0.1, -0.05) is 68.4 Å². The number of nitrogens with zero attached hydrogens (tertiary/aromatic N) is 1. The molecule has 0 unspecified atom stereocenters. The second kappa shape index (κ2) is 5.92. The van der Waals surface area contributed by atoms with E-state index in [9.17, 15) is 0 Å². The fourth-order valence-electron chi connectivity index (χ4n) is 2.45. The first kappa shape index (κ1) is 13.6. The van der Waals surface area contributed by atoms with Crippen LogP contribution in [0.15, 0.2) is 72.9 Å². The van der Waals surface area contributed by atoms with Gasteiger partial charge in [-0.05, 0) is 34.7 Å². The molecule has 0 spiro atoms. The highest BCUT2D eigenvalue weighted by molar-refractivity contribution is 5.70. The fraction of sp³-hybridized carbons (Fsp3) is 0.150. The van der Waals surface area contributed by atoms with E-state index < -0.39 is 0 Å². The van der Waals surface area contributed by atoms with E-state index in [0.29, 0.717) is 5.92 Å². The first-order valence-electron chi connectivity index (χ1n) is 7.36. The lowest BCUT2D eigenvalue weighted by Gasteiger charge is -2.09. The van der Waals surface area contributed by atoms with Gasteiger partial charge in [0.15, 0.2) is 0 Å². The summed E-state index contributed by atoms with van der Waals surface area (Å²) in [5.74, 6) is 0.542. The van der Waals surface area contributed by atoms with Gasteiger partial charge in [-0.2, -0.15) is 0 Å². The van der Waals surface area contributed by atoms with E-state index >= 15 is 0 Å².